The number of carbonyl (C=O) groups is 1. The summed E-state index contributed by atoms with van der Waals surface area (Å²) < 4.78 is 0. The van der Waals surface area contributed by atoms with Gasteiger partial charge in [-0.1, -0.05) is 49.7 Å². The summed E-state index contributed by atoms with van der Waals surface area (Å²) in [5, 5.41) is 13.1. The largest absolute Gasteiger partial charge is 0.478 e. The maximum atomic E-state index is 11.0. The van der Waals surface area contributed by atoms with Crippen LogP contribution >= 0.6 is 11.6 Å². The maximum absolute atomic E-state index is 11.0. The molecule has 0 saturated heterocycles. The van der Waals surface area contributed by atoms with Crippen LogP contribution in [0.1, 0.15) is 35.3 Å². The van der Waals surface area contributed by atoms with Crippen LogP contribution in [0.3, 0.4) is 0 Å². The second-order valence-electron chi connectivity index (χ2n) is 6.00. The van der Waals surface area contributed by atoms with Gasteiger partial charge in [0.15, 0.2) is 0 Å². The van der Waals surface area contributed by atoms with Gasteiger partial charge in [0.1, 0.15) is 0 Å². The Morgan fingerprint density at radius 1 is 1.18 bits per heavy atom. The molecule has 2 aromatic rings. The number of halogens is 1. The van der Waals surface area contributed by atoms with Crippen molar-refractivity contribution in [2.45, 2.75) is 25.8 Å². The van der Waals surface area contributed by atoms with Crippen LogP contribution in [-0.2, 0) is 12.0 Å². The Morgan fingerprint density at radius 2 is 1.86 bits per heavy atom. The summed E-state index contributed by atoms with van der Waals surface area (Å²) in [5.41, 5.74) is 2.46. The topological polar surface area (TPSA) is 49.3 Å². The fourth-order valence-electron chi connectivity index (χ4n) is 2.34. The number of carboxylic acids is 1. The number of nitrogens with one attached hydrogen (secondary N) is 1. The third-order valence-electron chi connectivity index (χ3n) is 3.70. The summed E-state index contributed by atoms with van der Waals surface area (Å²) in [7, 11) is 0. The van der Waals surface area contributed by atoms with Crippen LogP contribution in [0.2, 0.25) is 5.02 Å². The van der Waals surface area contributed by atoms with Gasteiger partial charge in [-0.25, -0.2) is 4.79 Å². The van der Waals surface area contributed by atoms with Gasteiger partial charge in [0.25, 0.3) is 0 Å². The number of hydrogen-bond acceptors (Lipinski definition) is 2. The molecule has 0 amide bonds. The van der Waals surface area contributed by atoms with E-state index in [4.69, 9.17) is 16.7 Å². The highest BCUT2D eigenvalue weighted by Crippen LogP contribution is 2.24. The van der Waals surface area contributed by atoms with Crippen molar-refractivity contribution in [1.29, 1.82) is 0 Å². The van der Waals surface area contributed by atoms with E-state index in [1.165, 1.54) is 5.56 Å². The highest BCUT2D eigenvalue weighted by Gasteiger charge is 2.19. The monoisotopic (exact) mass is 317 g/mol. The Morgan fingerprint density at radius 3 is 2.50 bits per heavy atom. The van der Waals surface area contributed by atoms with Crippen molar-refractivity contribution in [2.24, 2.45) is 0 Å². The lowest BCUT2D eigenvalue weighted by Gasteiger charge is -2.26. The van der Waals surface area contributed by atoms with Crippen molar-refractivity contribution in [3.63, 3.8) is 0 Å². The molecule has 0 fully saturated rings. The highest BCUT2D eigenvalue weighted by atomic mass is 35.5. The smallest absolute Gasteiger partial charge is 0.335 e. The minimum absolute atomic E-state index is 0.0327. The predicted octanol–water partition coefficient (Wildman–Crippen LogP) is 4.11. The molecule has 0 spiro atoms. The van der Waals surface area contributed by atoms with E-state index in [0.717, 1.165) is 17.1 Å². The van der Waals surface area contributed by atoms with Crippen LogP contribution in [0.4, 0.5) is 0 Å². The van der Waals surface area contributed by atoms with E-state index in [2.05, 4.69) is 19.2 Å². The lowest BCUT2D eigenvalue weighted by molar-refractivity contribution is 0.0696. The summed E-state index contributed by atoms with van der Waals surface area (Å²) in [6, 6.07) is 14.9. The number of aromatic carboxylic acids is 1. The van der Waals surface area contributed by atoms with Crippen LogP contribution in [0.5, 0.6) is 0 Å². The third-order valence-corrected chi connectivity index (χ3v) is 3.95. The minimum atomic E-state index is -0.900. The lowest BCUT2D eigenvalue weighted by Crippen LogP contribution is -2.32. The summed E-state index contributed by atoms with van der Waals surface area (Å²) in [6.07, 6.45) is 0. The van der Waals surface area contributed by atoms with Crippen molar-refractivity contribution in [2.75, 3.05) is 6.54 Å². The van der Waals surface area contributed by atoms with Crippen LogP contribution in [0.25, 0.3) is 0 Å². The summed E-state index contributed by atoms with van der Waals surface area (Å²) >= 11 is 5.92. The van der Waals surface area contributed by atoms with Gasteiger partial charge in [0, 0.05) is 23.5 Å². The Labute approximate surface area is 135 Å². The van der Waals surface area contributed by atoms with Crippen LogP contribution in [0.15, 0.2) is 48.5 Å². The molecule has 0 aliphatic rings. The Hall–Kier alpha value is -1.84. The third kappa shape index (κ3) is 4.33. The van der Waals surface area contributed by atoms with Crippen molar-refractivity contribution in [3.05, 3.63) is 70.2 Å². The molecular weight excluding hydrogens is 298 g/mol. The van der Waals surface area contributed by atoms with Crippen molar-refractivity contribution in [1.82, 2.24) is 5.32 Å². The van der Waals surface area contributed by atoms with Crippen LogP contribution in [0, 0.1) is 0 Å². The van der Waals surface area contributed by atoms with Gasteiger partial charge in [-0.15, -0.1) is 0 Å². The molecule has 0 aliphatic carbocycles. The molecule has 0 aromatic heterocycles. The number of carboxylic acid groups (broad SMARTS) is 1. The Bertz CT molecular complexity index is 650. The molecule has 4 heteroatoms. The molecule has 2 rings (SSSR count). The molecule has 22 heavy (non-hydrogen) atoms. The molecule has 0 aliphatic heterocycles. The first-order valence-corrected chi connectivity index (χ1v) is 7.55. The van der Waals surface area contributed by atoms with Gasteiger partial charge < -0.3 is 10.4 Å². The molecule has 0 radical (unpaired) electrons. The van der Waals surface area contributed by atoms with Crippen molar-refractivity contribution >= 4 is 17.6 Å². The van der Waals surface area contributed by atoms with E-state index in [9.17, 15) is 4.79 Å². The Balaban J connectivity index is 1.96. The van der Waals surface area contributed by atoms with E-state index in [0.29, 0.717) is 12.1 Å². The average Bonchev–Trinajstić information content (AvgIpc) is 2.48. The fourth-order valence-corrected chi connectivity index (χ4v) is 2.46. The zero-order valence-electron chi connectivity index (χ0n) is 12.8. The molecule has 2 aromatic carbocycles. The zero-order chi connectivity index (χ0) is 16.2. The Kier molecular flexibility index (Phi) is 5.22. The zero-order valence-corrected chi connectivity index (χ0v) is 13.5. The molecule has 0 heterocycles. The standard InChI is InChI=1S/C18H20ClNO2/c1-18(2,15-6-8-16(19)9-7-15)12-20-11-13-4-3-5-14(10-13)17(21)22/h3-10,20H,11-12H2,1-2H3,(H,21,22). The molecule has 3 nitrogen and oxygen atoms in total. The van der Waals surface area contributed by atoms with Crippen LogP contribution < -0.4 is 5.32 Å². The lowest BCUT2D eigenvalue weighted by atomic mass is 9.84. The van der Waals surface area contributed by atoms with Crippen molar-refractivity contribution < 1.29 is 9.90 Å². The van der Waals surface area contributed by atoms with Gasteiger partial charge in [-0.05, 0) is 35.4 Å². The maximum Gasteiger partial charge on any atom is 0.335 e. The van der Waals surface area contributed by atoms with Gasteiger partial charge >= 0.3 is 5.97 Å². The molecule has 0 atom stereocenters. The van der Waals surface area contributed by atoms with Crippen molar-refractivity contribution in [3.8, 4) is 0 Å². The second-order valence-corrected chi connectivity index (χ2v) is 6.44. The summed E-state index contributed by atoms with van der Waals surface area (Å²) in [4.78, 5) is 11.0. The molecule has 0 bridgehead atoms. The molecule has 0 saturated carbocycles. The van der Waals surface area contributed by atoms with Gasteiger partial charge in [0.2, 0.25) is 0 Å². The van der Waals surface area contributed by atoms with E-state index < -0.39 is 5.97 Å². The normalized spacial score (nSPS) is 11.4. The predicted molar refractivity (Wildman–Crippen MR) is 89.6 cm³/mol. The number of hydrogen-bond donors (Lipinski definition) is 2. The molecule has 116 valence electrons. The van der Waals surface area contributed by atoms with E-state index in [1.807, 2.05) is 30.3 Å². The molecule has 0 unspecified atom stereocenters. The second kappa shape index (κ2) is 6.95. The van der Waals surface area contributed by atoms with Gasteiger partial charge in [-0.3, -0.25) is 0 Å². The van der Waals surface area contributed by atoms with Gasteiger partial charge in [0.05, 0.1) is 5.56 Å². The SMILES string of the molecule is CC(C)(CNCc1cccc(C(=O)O)c1)c1ccc(Cl)cc1. The fraction of sp³-hybridized carbons (Fsp3) is 0.278. The number of benzene rings is 2. The highest BCUT2D eigenvalue weighted by molar-refractivity contribution is 6.30. The summed E-state index contributed by atoms with van der Waals surface area (Å²) in [6.45, 7) is 5.75. The van der Waals surface area contributed by atoms with E-state index in [1.54, 1.807) is 18.2 Å². The average molecular weight is 318 g/mol. The van der Waals surface area contributed by atoms with Crippen LogP contribution in [-0.4, -0.2) is 17.6 Å². The number of rotatable bonds is 6. The first-order chi connectivity index (χ1) is 10.4. The molecule has 2 N–H and O–H groups in total. The first-order valence-electron chi connectivity index (χ1n) is 7.17. The molecular formula is C18H20ClNO2. The first kappa shape index (κ1) is 16.5. The summed E-state index contributed by atoms with van der Waals surface area (Å²) in [5.74, 6) is -0.900. The quantitative estimate of drug-likeness (QED) is 0.843. The van der Waals surface area contributed by atoms with E-state index >= 15 is 0 Å². The van der Waals surface area contributed by atoms with Gasteiger partial charge in [-0.2, -0.15) is 0 Å². The minimum Gasteiger partial charge on any atom is -0.478 e. The van der Waals surface area contributed by atoms with E-state index in [-0.39, 0.29) is 5.41 Å².